The Morgan fingerprint density at radius 2 is 1.82 bits per heavy atom. The van der Waals surface area contributed by atoms with Gasteiger partial charge in [-0.2, -0.15) is 0 Å². The highest BCUT2D eigenvalue weighted by molar-refractivity contribution is 5.04. The summed E-state index contributed by atoms with van der Waals surface area (Å²) < 4.78 is 0. The summed E-state index contributed by atoms with van der Waals surface area (Å²) in [6.07, 6.45) is 6.34. The van der Waals surface area contributed by atoms with Crippen LogP contribution in [0.15, 0.2) is 11.6 Å². The summed E-state index contributed by atoms with van der Waals surface area (Å²) in [7, 11) is 0. The van der Waals surface area contributed by atoms with Crippen molar-refractivity contribution < 1.29 is 0 Å². The fraction of sp³-hybridized carbons (Fsp3) is 0.818. The third kappa shape index (κ3) is 4.23. The molecule has 0 aromatic rings. The summed E-state index contributed by atoms with van der Waals surface area (Å²) in [5.74, 6) is 0. The van der Waals surface area contributed by atoms with E-state index in [9.17, 15) is 0 Å². The second-order valence-corrected chi connectivity index (χ2v) is 3.92. The van der Waals surface area contributed by atoms with Crippen LogP contribution in [0.5, 0.6) is 0 Å². The van der Waals surface area contributed by atoms with Crippen molar-refractivity contribution >= 4 is 0 Å². The van der Waals surface area contributed by atoms with E-state index in [1.165, 1.54) is 19.3 Å². The maximum atomic E-state index is 2.38. The molecule has 1 rings (SSSR count). The van der Waals surface area contributed by atoms with E-state index >= 15 is 0 Å². The molecule has 0 spiro atoms. The summed E-state index contributed by atoms with van der Waals surface area (Å²) in [6.45, 7) is 10.9. The van der Waals surface area contributed by atoms with Crippen LogP contribution >= 0.6 is 0 Å². The minimum Gasteiger partial charge on any atom is -0.0851 e. The van der Waals surface area contributed by atoms with Gasteiger partial charge < -0.3 is 0 Å². The van der Waals surface area contributed by atoms with Crippen molar-refractivity contribution in [3.05, 3.63) is 11.6 Å². The van der Waals surface area contributed by atoms with E-state index in [-0.39, 0.29) is 0 Å². The molecule has 0 unspecified atom stereocenters. The van der Waals surface area contributed by atoms with E-state index in [4.69, 9.17) is 0 Å². The van der Waals surface area contributed by atoms with E-state index < -0.39 is 0 Å². The molecule has 0 heterocycles. The van der Waals surface area contributed by atoms with Gasteiger partial charge in [0.25, 0.3) is 0 Å². The molecule has 0 aromatic heterocycles. The molecule has 0 fully saturated rings. The molecule has 0 saturated heterocycles. The SMILES string of the molecule is CC.CC1=CCC(C)(C)CC1. The second-order valence-electron chi connectivity index (χ2n) is 3.92. The second kappa shape index (κ2) is 4.58. The molecule has 66 valence electrons. The van der Waals surface area contributed by atoms with Crippen LogP contribution in [-0.4, -0.2) is 0 Å². The Morgan fingerprint density at radius 3 is 2.09 bits per heavy atom. The summed E-state index contributed by atoms with van der Waals surface area (Å²) >= 11 is 0. The predicted molar refractivity (Wildman–Crippen MR) is 52.7 cm³/mol. The normalized spacial score (nSPS) is 21.4. The lowest BCUT2D eigenvalue weighted by Crippen LogP contribution is -2.13. The van der Waals surface area contributed by atoms with Crippen molar-refractivity contribution in [3.63, 3.8) is 0 Å². The first-order chi connectivity index (χ1) is 5.10. The molecule has 1 aliphatic carbocycles. The molecule has 0 aliphatic heterocycles. The highest BCUT2D eigenvalue weighted by atomic mass is 14.2. The van der Waals surface area contributed by atoms with E-state index in [0.717, 1.165) is 0 Å². The molecule has 0 aromatic carbocycles. The van der Waals surface area contributed by atoms with Gasteiger partial charge in [-0.05, 0) is 31.6 Å². The number of hydrogen-bond donors (Lipinski definition) is 0. The molecule has 0 amide bonds. The standard InChI is InChI=1S/C9H16.C2H6/c1-8-4-6-9(2,3)7-5-8;1-2/h4H,5-7H2,1-3H3;1-2H3. The van der Waals surface area contributed by atoms with Crippen LogP contribution in [-0.2, 0) is 0 Å². The molecule has 0 nitrogen and oxygen atoms in total. The Morgan fingerprint density at radius 1 is 1.27 bits per heavy atom. The summed E-state index contributed by atoms with van der Waals surface area (Å²) in [6, 6.07) is 0. The van der Waals surface area contributed by atoms with Gasteiger partial charge in [-0.3, -0.25) is 0 Å². The summed E-state index contributed by atoms with van der Waals surface area (Å²) in [5, 5.41) is 0. The predicted octanol–water partition coefficient (Wildman–Crippen LogP) is 4.17. The molecule has 0 radical (unpaired) electrons. The highest BCUT2D eigenvalue weighted by Crippen LogP contribution is 2.33. The molecular weight excluding hydrogens is 132 g/mol. The summed E-state index contributed by atoms with van der Waals surface area (Å²) in [4.78, 5) is 0. The number of rotatable bonds is 0. The Hall–Kier alpha value is -0.260. The lowest BCUT2D eigenvalue weighted by molar-refractivity contribution is 0.325. The van der Waals surface area contributed by atoms with Gasteiger partial charge in [0.05, 0.1) is 0 Å². The van der Waals surface area contributed by atoms with Crippen LogP contribution in [0.1, 0.15) is 53.9 Å². The van der Waals surface area contributed by atoms with Crippen molar-refractivity contribution in [2.45, 2.75) is 53.9 Å². The third-order valence-electron chi connectivity index (χ3n) is 2.20. The van der Waals surface area contributed by atoms with Crippen molar-refractivity contribution in [2.24, 2.45) is 5.41 Å². The van der Waals surface area contributed by atoms with Gasteiger partial charge in [0, 0.05) is 0 Å². The summed E-state index contributed by atoms with van der Waals surface area (Å²) in [5.41, 5.74) is 2.16. The average Bonchev–Trinajstić information content (AvgIpc) is 2.00. The number of allylic oxidation sites excluding steroid dienone is 2. The van der Waals surface area contributed by atoms with Crippen molar-refractivity contribution in [1.82, 2.24) is 0 Å². The van der Waals surface area contributed by atoms with E-state index in [0.29, 0.717) is 5.41 Å². The molecule has 0 bridgehead atoms. The van der Waals surface area contributed by atoms with Gasteiger partial charge in [0.1, 0.15) is 0 Å². The zero-order valence-electron chi connectivity index (χ0n) is 8.70. The first kappa shape index (κ1) is 10.7. The molecule has 0 heteroatoms. The zero-order valence-corrected chi connectivity index (χ0v) is 8.70. The molecule has 1 aliphatic rings. The lowest BCUT2D eigenvalue weighted by atomic mass is 9.79. The smallest absolute Gasteiger partial charge is 0.0296 e. The molecular formula is C11H22. The van der Waals surface area contributed by atoms with Crippen molar-refractivity contribution in [1.29, 1.82) is 0 Å². The molecule has 0 saturated carbocycles. The largest absolute Gasteiger partial charge is 0.0851 e. The fourth-order valence-corrected chi connectivity index (χ4v) is 1.19. The molecule has 0 N–H and O–H groups in total. The quantitative estimate of drug-likeness (QED) is 0.459. The highest BCUT2D eigenvalue weighted by Gasteiger charge is 2.19. The molecule has 11 heavy (non-hydrogen) atoms. The fourth-order valence-electron chi connectivity index (χ4n) is 1.19. The Balaban J connectivity index is 0.000000461. The van der Waals surface area contributed by atoms with Gasteiger partial charge in [-0.1, -0.05) is 39.3 Å². The van der Waals surface area contributed by atoms with Gasteiger partial charge >= 0.3 is 0 Å². The maximum Gasteiger partial charge on any atom is -0.0296 e. The van der Waals surface area contributed by atoms with E-state index in [1.807, 2.05) is 13.8 Å². The monoisotopic (exact) mass is 154 g/mol. The maximum absolute atomic E-state index is 2.38. The Kier molecular flexibility index (Phi) is 4.48. The molecule has 0 atom stereocenters. The lowest BCUT2D eigenvalue weighted by Gasteiger charge is -2.27. The minimum atomic E-state index is 0.583. The zero-order chi connectivity index (χ0) is 8.91. The topological polar surface area (TPSA) is 0 Å². The van der Waals surface area contributed by atoms with Gasteiger partial charge in [-0.15, -0.1) is 0 Å². The van der Waals surface area contributed by atoms with Crippen molar-refractivity contribution in [2.75, 3.05) is 0 Å². The number of hydrogen-bond acceptors (Lipinski definition) is 0. The van der Waals surface area contributed by atoms with Crippen LogP contribution in [0.4, 0.5) is 0 Å². The average molecular weight is 154 g/mol. The Labute approximate surface area is 71.7 Å². The van der Waals surface area contributed by atoms with Crippen LogP contribution in [0.2, 0.25) is 0 Å². The van der Waals surface area contributed by atoms with E-state index in [1.54, 1.807) is 5.57 Å². The first-order valence-corrected chi connectivity index (χ1v) is 4.76. The van der Waals surface area contributed by atoms with Crippen LogP contribution < -0.4 is 0 Å². The van der Waals surface area contributed by atoms with Gasteiger partial charge in [0.15, 0.2) is 0 Å². The van der Waals surface area contributed by atoms with Gasteiger partial charge in [-0.25, -0.2) is 0 Å². The van der Waals surface area contributed by atoms with E-state index in [2.05, 4.69) is 26.8 Å². The van der Waals surface area contributed by atoms with Gasteiger partial charge in [0.2, 0.25) is 0 Å². The third-order valence-corrected chi connectivity index (χ3v) is 2.20. The minimum absolute atomic E-state index is 0.583. The first-order valence-electron chi connectivity index (χ1n) is 4.76. The Bertz CT molecular complexity index is 129. The van der Waals surface area contributed by atoms with Crippen LogP contribution in [0.25, 0.3) is 0 Å². The van der Waals surface area contributed by atoms with Crippen molar-refractivity contribution in [3.8, 4) is 0 Å². The van der Waals surface area contributed by atoms with Crippen LogP contribution in [0.3, 0.4) is 0 Å². The van der Waals surface area contributed by atoms with Crippen LogP contribution in [0, 0.1) is 5.41 Å².